The van der Waals surface area contributed by atoms with Crippen LogP contribution in [-0.2, 0) is 0 Å². The van der Waals surface area contributed by atoms with Crippen molar-refractivity contribution in [3.8, 4) is 0 Å². The van der Waals surface area contributed by atoms with Crippen LogP contribution in [0.4, 0.5) is 0 Å². The molecule has 96 valence electrons. The second kappa shape index (κ2) is 9.93. The van der Waals surface area contributed by atoms with Crippen molar-refractivity contribution >= 4 is 22.6 Å². The molecular weight excluding hydrogens is 319 g/mol. The SMILES string of the molecule is CCCCCCCCCC(I)c1ccccc1. The van der Waals surface area contributed by atoms with E-state index in [9.17, 15) is 0 Å². The van der Waals surface area contributed by atoms with Crippen molar-refractivity contribution in [2.75, 3.05) is 0 Å². The lowest BCUT2D eigenvalue weighted by molar-refractivity contribution is 0.576. The van der Waals surface area contributed by atoms with Gasteiger partial charge in [0.05, 0.1) is 0 Å². The zero-order valence-electron chi connectivity index (χ0n) is 11.0. The van der Waals surface area contributed by atoms with Crippen LogP contribution in [-0.4, -0.2) is 0 Å². The molecule has 0 saturated heterocycles. The Balaban J connectivity index is 2.03. The maximum Gasteiger partial charge on any atom is 0.0359 e. The Kier molecular flexibility index (Phi) is 8.76. The zero-order valence-corrected chi connectivity index (χ0v) is 13.2. The topological polar surface area (TPSA) is 0 Å². The first-order chi connectivity index (χ1) is 8.34. The third-order valence-corrected chi connectivity index (χ3v) is 4.56. The summed E-state index contributed by atoms with van der Waals surface area (Å²) in [6, 6.07) is 10.9. The highest BCUT2D eigenvalue weighted by atomic mass is 127. The highest BCUT2D eigenvalue weighted by Crippen LogP contribution is 2.28. The molecule has 1 unspecified atom stereocenters. The second-order valence-corrected chi connectivity index (χ2v) is 6.29. The van der Waals surface area contributed by atoms with E-state index in [1.54, 1.807) is 0 Å². The Labute approximate surface area is 120 Å². The van der Waals surface area contributed by atoms with Crippen molar-refractivity contribution in [3.63, 3.8) is 0 Å². The van der Waals surface area contributed by atoms with Gasteiger partial charge in [-0.05, 0) is 12.0 Å². The van der Waals surface area contributed by atoms with Gasteiger partial charge in [-0.2, -0.15) is 0 Å². The Bertz CT molecular complexity index is 268. The standard InChI is InChI=1S/C16H25I/c1-2-3-4-5-6-7-11-14-16(17)15-12-9-8-10-13-15/h8-10,12-13,16H,2-7,11,14H2,1H3. The van der Waals surface area contributed by atoms with Crippen LogP contribution in [0.3, 0.4) is 0 Å². The molecule has 1 aromatic rings. The molecule has 0 heterocycles. The number of alkyl halides is 1. The van der Waals surface area contributed by atoms with Crippen LogP contribution >= 0.6 is 22.6 Å². The van der Waals surface area contributed by atoms with Crippen molar-refractivity contribution in [1.29, 1.82) is 0 Å². The third kappa shape index (κ3) is 7.07. The first-order valence-corrected chi connectivity index (χ1v) is 8.28. The molecule has 0 amide bonds. The molecule has 0 fully saturated rings. The van der Waals surface area contributed by atoms with E-state index in [2.05, 4.69) is 59.8 Å². The van der Waals surface area contributed by atoms with Gasteiger partial charge < -0.3 is 0 Å². The number of rotatable bonds is 9. The summed E-state index contributed by atoms with van der Waals surface area (Å²) in [6.07, 6.45) is 11.2. The lowest BCUT2D eigenvalue weighted by Gasteiger charge is -2.09. The predicted molar refractivity (Wildman–Crippen MR) is 85.8 cm³/mol. The number of benzene rings is 1. The second-order valence-electron chi connectivity index (χ2n) is 4.79. The van der Waals surface area contributed by atoms with E-state index in [1.807, 2.05) is 0 Å². The summed E-state index contributed by atoms with van der Waals surface area (Å²) < 4.78 is 0.699. The Morgan fingerprint density at radius 1 is 0.882 bits per heavy atom. The molecule has 0 nitrogen and oxygen atoms in total. The smallest absolute Gasteiger partial charge is 0.0359 e. The summed E-state index contributed by atoms with van der Waals surface area (Å²) in [6.45, 7) is 2.28. The van der Waals surface area contributed by atoms with E-state index in [0.717, 1.165) is 0 Å². The molecular formula is C16H25I. The number of hydrogen-bond acceptors (Lipinski definition) is 0. The fourth-order valence-electron chi connectivity index (χ4n) is 2.11. The fourth-order valence-corrected chi connectivity index (χ4v) is 2.96. The fraction of sp³-hybridized carbons (Fsp3) is 0.625. The molecule has 1 rings (SSSR count). The molecule has 0 aromatic heterocycles. The maximum atomic E-state index is 2.58. The summed E-state index contributed by atoms with van der Waals surface area (Å²) in [7, 11) is 0. The molecule has 1 heteroatoms. The summed E-state index contributed by atoms with van der Waals surface area (Å²) in [5.41, 5.74) is 1.49. The summed E-state index contributed by atoms with van der Waals surface area (Å²) in [4.78, 5) is 0. The number of halogens is 1. The van der Waals surface area contributed by atoms with Crippen molar-refractivity contribution in [1.82, 2.24) is 0 Å². The first kappa shape index (κ1) is 15.0. The van der Waals surface area contributed by atoms with Crippen LogP contribution in [0.5, 0.6) is 0 Å². The molecule has 0 aliphatic carbocycles. The largest absolute Gasteiger partial charge is 0.0774 e. The normalized spacial score (nSPS) is 12.6. The predicted octanol–water partition coefficient (Wildman–Crippen LogP) is 6.30. The van der Waals surface area contributed by atoms with Crippen LogP contribution in [0.1, 0.15) is 67.8 Å². The van der Waals surface area contributed by atoms with E-state index in [4.69, 9.17) is 0 Å². The van der Waals surface area contributed by atoms with Crippen LogP contribution in [0.15, 0.2) is 30.3 Å². The quantitative estimate of drug-likeness (QED) is 0.280. The molecule has 0 N–H and O–H groups in total. The monoisotopic (exact) mass is 344 g/mol. The van der Waals surface area contributed by atoms with E-state index < -0.39 is 0 Å². The van der Waals surface area contributed by atoms with Gasteiger partial charge in [0, 0.05) is 3.92 Å². The first-order valence-electron chi connectivity index (χ1n) is 7.03. The molecule has 0 aliphatic heterocycles. The zero-order chi connectivity index (χ0) is 12.3. The molecule has 0 aliphatic rings. The molecule has 1 atom stereocenters. The highest BCUT2D eigenvalue weighted by molar-refractivity contribution is 14.1. The summed E-state index contributed by atoms with van der Waals surface area (Å²) in [5.74, 6) is 0. The number of unbranched alkanes of at least 4 members (excludes halogenated alkanes) is 6. The molecule has 0 radical (unpaired) electrons. The molecule has 17 heavy (non-hydrogen) atoms. The van der Waals surface area contributed by atoms with Gasteiger partial charge in [-0.25, -0.2) is 0 Å². The summed E-state index contributed by atoms with van der Waals surface area (Å²) >= 11 is 2.58. The molecule has 0 saturated carbocycles. The highest BCUT2D eigenvalue weighted by Gasteiger charge is 2.05. The lowest BCUT2D eigenvalue weighted by atomic mass is 10.0. The van der Waals surface area contributed by atoms with E-state index in [-0.39, 0.29) is 0 Å². The lowest BCUT2D eigenvalue weighted by Crippen LogP contribution is -1.89. The minimum absolute atomic E-state index is 0.699. The van der Waals surface area contributed by atoms with Gasteiger partial charge in [-0.3, -0.25) is 0 Å². The maximum absolute atomic E-state index is 2.58. The van der Waals surface area contributed by atoms with Gasteiger partial charge in [0.2, 0.25) is 0 Å². The minimum Gasteiger partial charge on any atom is -0.0774 e. The van der Waals surface area contributed by atoms with Gasteiger partial charge in [-0.15, -0.1) is 0 Å². The molecule has 0 spiro atoms. The molecule has 0 bridgehead atoms. The van der Waals surface area contributed by atoms with Crippen LogP contribution in [0.2, 0.25) is 0 Å². The average Bonchev–Trinajstić information content (AvgIpc) is 2.38. The molecule has 1 aromatic carbocycles. The Morgan fingerprint density at radius 2 is 1.47 bits per heavy atom. The Morgan fingerprint density at radius 3 is 2.12 bits per heavy atom. The third-order valence-electron chi connectivity index (χ3n) is 3.22. The van der Waals surface area contributed by atoms with Gasteiger partial charge in [0.15, 0.2) is 0 Å². The minimum atomic E-state index is 0.699. The van der Waals surface area contributed by atoms with Crippen molar-refractivity contribution in [2.24, 2.45) is 0 Å². The average molecular weight is 344 g/mol. The van der Waals surface area contributed by atoms with Gasteiger partial charge in [0.25, 0.3) is 0 Å². The van der Waals surface area contributed by atoms with Gasteiger partial charge in [-0.1, -0.05) is 105 Å². The van der Waals surface area contributed by atoms with Gasteiger partial charge >= 0.3 is 0 Å². The van der Waals surface area contributed by atoms with E-state index in [1.165, 1.54) is 56.9 Å². The van der Waals surface area contributed by atoms with Crippen molar-refractivity contribution in [2.45, 2.75) is 62.2 Å². The van der Waals surface area contributed by atoms with E-state index >= 15 is 0 Å². The van der Waals surface area contributed by atoms with Crippen molar-refractivity contribution < 1.29 is 0 Å². The van der Waals surface area contributed by atoms with E-state index in [0.29, 0.717) is 3.92 Å². The van der Waals surface area contributed by atoms with Crippen LogP contribution in [0.25, 0.3) is 0 Å². The summed E-state index contributed by atoms with van der Waals surface area (Å²) in [5, 5.41) is 0. The van der Waals surface area contributed by atoms with Crippen LogP contribution < -0.4 is 0 Å². The van der Waals surface area contributed by atoms with Gasteiger partial charge in [0.1, 0.15) is 0 Å². The Hall–Kier alpha value is -0.0500. The van der Waals surface area contributed by atoms with Crippen LogP contribution in [0, 0.1) is 0 Å². The van der Waals surface area contributed by atoms with Crippen molar-refractivity contribution in [3.05, 3.63) is 35.9 Å². The number of hydrogen-bond donors (Lipinski definition) is 0.